The molecule has 0 bridgehead atoms. The summed E-state index contributed by atoms with van der Waals surface area (Å²) in [5, 5.41) is 4.72. The standard InChI is InChI=1S/C20H19BrN2O2S/c1-13(2)15-3-6-17(7-4-15)25-11-14-9-18(26-12-14)20(24)23-19-8-5-16(21)10-22-19/h3-10,12-13H,11H2,1-2H3,(H,22,23,24). The number of ether oxygens (including phenoxy) is 1. The quantitative estimate of drug-likeness (QED) is 0.532. The normalized spacial score (nSPS) is 10.8. The number of nitrogens with one attached hydrogen (secondary N) is 1. The summed E-state index contributed by atoms with van der Waals surface area (Å²) in [5.41, 5.74) is 2.25. The lowest BCUT2D eigenvalue weighted by Gasteiger charge is -2.08. The number of hydrogen-bond donors (Lipinski definition) is 1. The summed E-state index contributed by atoms with van der Waals surface area (Å²) in [7, 11) is 0. The van der Waals surface area contributed by atoms with Crippen molar-refractivity contribution in [1.82, 2.24) is 4.98 Å². The Morgan fingerprint density at radius 3 is 2.65 bits per heavy atom. The summed E-state index contributed by atoms with van der Waals surface area (Å²) in [6.07, 6.45) is 1.65. The fourth-order valence-electron chi connectivity index (χ4n) is 2.31. The van der Waals surface area contributed by atoms with Crippen LogP contribution in [0, 0.1) is 0 Å². The molecule has 0 unspecified atom stereocenters. The minimum Gasteiger partial charge on any atom is -0.489 e. The Balaban J connectivity index is 1.57. The number of thiophene rings is 1. The van der Waals surface area contributed by atoms with Crippen molar-refractivity contribution in [2.75, 3.05) is 5.32 Å². The molecule has 2 aromatic heterocycles. The average Bonchev–Trinajstić information content (AvgIpc) is 3.11. The number of amides is 1. The van der Waals surface area contributed by atoms with E-state index in [4.69, 9.17) is 4.74 Å². The van der Waals surface area contributed by atoms with Crippen LogP contribution in [0.3, 0.4) is 0 Å². The van der Waals surface area contributed by atoms with Crippen LogP contribution < -0.4 is 10.1 Å². The maximum atomic E-state index is 12.3. The molecule has 1 amide bonds. The van der Waals surface area contributed by atoms with Gasteiger partial charge in [0.2, 0.25) is 0 Å². The summed E-state index contributed by atoms with van der Waals surface area (Å²) < 4.78 is 6.68. The molecule has 0 saturated heterocycles. The highest BCUT2D eigenvalue weighted by Gasteiger charge is 2.10. The minimum absolute atomic E-state index is 0.169. The van der Waals surface area contributed by atoms with E-state index < -0.39 is 0 Å². The van der Waals surface area contributed by atoms with Crippen molar-refractivity contribution in [3.8, 4) is 5.75 Å². The molecule has 134 valence electrons. The topological polar surface area (TPSA) is 51.2 Å². The monoisotopic (exact) mass is 430 g/mol. The third-order valence-corrected chi connectivity index (χ3v) is 5.25. The lowest BCUT2D eigenvalue weighted by Crippen LogP contribution is -2.11. The van der Waals surface area contributed by atoms with Gasteiger partial charge in [-0.2, -0.15) is 0 Å². The molecule has 0 fully saturated rings. The maximum absolute atomic E-state index is 12.3. The number of hydrogen-bond acceptors (Lipinski definition) is 4. The summed E-state index contributed by atoms with van der Waals surface area (Å²) >= 11 is 4.71. The molecule has 2 heterocycles. The van der Waals surface area contributed by atoms with Gasteiger partial charge in [0.15, 0.2) is 0 Å². The first-order valence-corrected chi connectivity index (χ1v) is 9.91. The number of pyridine rings is 1. The number of carbonyl (C=O) groups is 1. The number of anilines is 1. The number of benzene rings is 1. The zero-order valence-corrected chi connectivity index (χ0v) is 16.9. The molecule has 4 nitrogen and oxygen atoms in total. The van der Waals surface area contributed by atoms with Crippen LogP contribution in [-0.2, 0) is 6.61 Å². The molecule has 0 saturated carbocycles. The summed E-state index contributed by atoms with van der Waals surface area (Å²) in [6, 6.07) is 13.6. The molecule has 3 rings (SSSR count). The van der Waals surface area contributed by atoms with Gasteiger partial charge >= 0.3 is 0 Å². The van der Waals surface area contributed by atoms with Gasteiger partial charge in [0.05, 0.1) is 4.88 Å². The fraction of sp³-hybridized carbons (Fsp3) is 0.200. The van der Waals surface area contributed by atoms with Crippen LogP contribution in [0.2, 0.25) is 0 Å². The van der Waals surface area contributed by atoms with Crippen molar-refractivity contribution in [2.45, 2.75) is 26.4 Å². The van der Waals surface area contributed by atoms with Crippen molar-refractivity contribution < 1.29 is 9.53 Å². The van der Waals surface area contributed by atoms with Gasteiger partial charge in [-0.15, -0.1) is 11.3 Å². The van der Waals surface area contributed by atoms with Gasteiger partial charge in [-0.1, -0.05) is 26.0 Å². The molecule has 0 atom stereocenters. The van der Waals surface area contributed by atoms with E-state index in [0.29, 0.717) is 23.2 Å². The number of aromatic nitrogens is 1. The van der Waals surface area contributed by atoms with Gasteiger partial charge in [-0.25, -0.2) is 4.98 Å². The van der Waals surface area contributed by atoms with Gasteiger partial charge in [-0.05, 0) is 63.1 Å². The number of halogens is 1. The Morgan fingerprint density at radius 1 is 1.23 bits per heavy atom. The zero-order chi connectivity index (χ0) is 18.5. The van der Waals surface area contributed by atoms with E-state index in [0.717, 1.165) is 15.8 Å². The molecule has 0 radical (unpaired) electrons. The molecule has 1 N–H and O–H groups in total. The van der Waals surface area contributed by atoms with E-state index in [1.807, 2.05) is 29.6 Å². The molecule has 1 aromatic carbocycles. The molecule has 6 heteroatoms. The molecule has 26 heavy (non-hydrogen) atoms. The Morgan fingerprint density at radius 2 is 2.00 bits per heavy atom. The summed E-state index contributed by atoms with van der Waals surface area (Å²) in [5.74, 6) is 1.68. The van der Waals surface area contributed by atoms with Crippen LogP contribution in [0.15, 0.2) is 58.5 Å². The fourth-order valence-corrected chi connectivity index (χ4v) is 3.34. The SMILES string of the molecule is CC(C)c1ccc(OCc2csc(C(=O)Nc3ccc(Br)cn3)c2)cc1. The third-order valence-electron chi connectivity index (χ3n) is 3.80. The van der Waals surface area contributed by atoms with E-state index in [2.05, 4.69) is 52.2 Å². The van der Waals surface area contributed by atoms with Crippen molar-refractivity contribution >= 4 is 39.0 Å². The van der Waals surface area contributed by atoms with E-state index in [9.17, 15) is 4.79 Å². The van der Waals surface area contributed by atoms with Gasteiger partial charge in [-0.3, -0.25) is 4.79 Å². The van der Waals surface area contributed by atoms with Gasteiger partial charge in [0.1, 0.15) is 18.2 Å². The Labute approximate surface area is 165 Å². The Hall–Kier alpha value is -2.18. The summed E-state index contributed by atoms with van der Waals surface area (Å²) in [4.78, 5) is 17.1. The molecule has 0 aliphatic heterocycles. The maximum Gasteiger partial charge on any atom is 0.266 e. The lowest BCUT2D eigenvalue weighted by atomic mass is 10.0. The van der Waals surface area contributed by atoms with E-state index in [1.165, 1.54) is 16.9 Å². The second-order valence-corrected chi connectivity index (χ2v) is 7.97. The largest absolute Gasteiger partial charge is 0.489 e. The minimum atomic E-state index is -0.169. The summed E-state index contributed by atoms with van der Waals surface area (Å²) in [6.45, 7) is 4.76. The Bertz CT molecular complexity index is 874. The van der Waals surface area contributed by atoms with Crippen molar-refractivity contribution in [1.29, 1.82) is 0 Å². The van der Waals surface area contributed by atoms with E-state index in [-0.39, 0.29) is 5.91 Å². The number of nitrogens with zero attached hydrogens (tertiary/aromatic N) is 1. The Kier molecular flexibility index (Phi) is 6.06. The van der Waals surface area contributed by atoms with Crippen molar-refractivity contribution in [2.24, 2.45) is 0 Å². The van der Waals surface area contributed by atoms with Crippen LogP contribution in [0.4, 0.5) is 5.82 Å². The van der Waals surface area contributed by atoms with Gasteiger partial charge in [0, 0.05) is 16.2 Å². The second kappa shape index (κ2) is 8.47. The molecular weight excluding hydrogens is 412 g/mol. The van der Waals surface area contributed by atoms with Crippen molar-refractivity contribution in [3.63, 3.8) is 0 Å². The molecular formula is C20H19BrN2O2S. The van der Waals surface area contributed by atoms with Crippen LogP contribution in [0.1, 0.15) is 40.6 Å². The zero-order valence-electron chi connectivity index (χ0n) is 14.5. The van der Waals surface area contributed by atoms with Crippen LogP contribution in [0.5, 0.6) is 5.75 Å². The predicted octanol–water partition coefficient (Wildman–Crippen LogP) is 5.86. The van der Waals surface area contributed by atoms with Crippen LogP contribution in [0.25, 0.3) is 0 Å². The van der Waals surface area contributed by atoms with E-state index >= 15 is 0 Å². The van der Waals surface area contributed by atoms with Gasteiger partial charge in [0.25, 0.3) is 5.91 Å². The molecule has 0 aliphatic rings. The van der Waals surface area contributed by atoms with E-state index in [1.54, 1.807) is 12.3 Å². The molecule has 0 aliphatic carbocycles. The highest BCUT2D eigenvalue weighted by Crippen LogP contribution is 2.21. The first-order valence-electron chi connectivity index (χ1n) is 8.24. The highest BCUT2D eigenvalue weighted by molar-refractivity contribution is 9.10. The van der Waals surface area contributed by atoms with Crippen molar-refractivity contribution in [3.05, 3.63) is 74.5 Å². The second-order valence-electron chi connectivity index (χ2n) is 6.15. The first-order chi connectivity index (χ1) is 12.5. The highest BCUT2D eigenvalue weighted by atomic mass is 79.9. The third kappa shape index (κ3) is 4.93. The number of carbonyl (C=O) groups excluding carboxylic acids is 1. The molecule has 0 spiro atoms. The average molecular weight is 431 g/mol. The first kappa shape index (κ1) is 18.6. The van der Waals surface area contributed by atoms with Gasteiger partial charge < -0.3 is 10.1 Å². The number of rotatable bonds is 6. The predicted molar refractivity (Wildman–Crippen MR) is 109 cm³/mol. The van der Waals surface area contributed by atoms with Crippen LogP contribution >= 0.6 is 27.3 Å². The van der Waals surface area contributed by atoms with Crippen LogP contribution in [-0.4, -0.2) is 10.9 Å². The lowest BCUT2D eigenvalue weighted by molar-refractivity contribution is 0.103. The smallest absolute Gasteiger partial charge is 0.266 e. The molecule has 3 aromatic rings.